The topological polar surface area (TPSA) is 111 Å². The van der Waals surface area contributed by atoms with Crippen LogP contribution < -0.4 is 11.1 Å². The average Bonchev–Trinajstić information content (AvgIpc) is 2.88. The van der Waals surface area contributed by atoms with Crippen LogP contribution in [0.2, 0.25) is 0 Å². The predicted molar refractivity (Wildman–Crippen MR) is 95.1 cm³/mol. The predicted octanol–water partition coefficient (Wildman–Crippen LogP) is 2.85. The molecule has 2 aromatic rings. The molecule has 3 N–H and O–H groups in total. The lowest BCUT2D eigenvalue weighted by atomic mass is 9.99. The average molecular weight is 369 g/mol. The summed E-state index contributed by atoms with van der Waals surface area (Å²) < 4.78 is 0. The summed E-state index contributed by atoms with van der Waals surface area (Å²) in [5.74, 6) is -0.518. The standard InChI is InChI=1S/C15H16N4O3S.ClH/c1-8-2-5-12(19(21)22)10(6-8)14(20)18-15-17-11-4-3-9(16)7-13(11)23-15;/h2,5-6,9H,3-4,7,16H2,1H3,(H,17,18,20);1H/t9-;/m0./s1. The van der Waals surface area contributed by atoms with Gasteiger partial charge in [-0.1, -0.05) is 6.07 Å². The molecule has 0 radical (unpaired) electrons. The van der Waals surface area contributed by atoms with E-state index in [2.05, 4.69) is 10.3 Å². The summed E-state index contributed by atoms with van der Waals surface area (Å²) in [7, 11) is 0. The Bertz CT molecular complexity index is 793. The molecule has 0 unspecified atom stereocenters. The molecular formula is C15H17ClN4O3S. The quantitative estimate of drug-likeness (QED) is 0.639. The minimum Gasteiger partial charge on any atom is -0.327 e. The van der Waals surface area contributed by atoms with Crippen LogP contribution >= 0.6 is 23.7 Å². The molecule has 1 heterocycles. The van der Waals surface area contributed by atoms with Crippen LogP contribution in [-0.4, -0.2) is 21.9 Å². The highest BCUT2D eigenvalue weighted by Gasteiger charge is 2.24. The third-order valence-corrected chi connectivity index (χ3v) is 4.83. The minimum atomic E-state index is -0.555. The maximum Gasteiger partial charge on any atom is 0.282 e. The van der Waals surface area contributed by atoms with E-state index >= 15 is 0 Å². The lowest BCUT2D eigenvalue weighted by Crippen LogP contribution is -2.27. The molecule has 128 valence electrons. The summed E-state index contributed by atoms with van der Waals surface area (Å²) in [6, 6.07) is 4.59. The zero-order valence-electron chi connectivity index (χ0n) is 12.9. The Balaban J connectivity index is 0.00000208. The third kappa shape index (κ3) is 3.72. The van der Waals surface area contributed by atoms with Crippen molar-refractivity contribution in [2.75, 3.05) is 5.32 Å². The number of hydrogen-bond acceptors (Lipinski definition) is 6. The van der Waals surface area contributed by atoms with Gasteiger partial charge in [-0.2, -0.15) is 0 Å². The number of aromatic nitrogens is 1. The molecule has 1 amide bonds. The minimum absolute atomic E-state index is 0. The highest BCUT2D eigenvalue weighted by atomic mass is 35.5. The van der Waals surface area contributed by atoms with Crippen molar-refractivity contribution in [3.8, 4) is 0 Å². The van der Waals surface area contributed by atoms with E-state index in [1.807, 2.05) is 0 Å². The van der Waals surface area contributed by atoms with Crippen molar-refractivity contribution in [1.29, 1.82) is 0 Å². The number of anilines is 1. The van der Waals surface area contributed by atoms with Gasteiger partial charge in [-0.3, -0.25) is 20.2 Å². The molecule has 0 spiro atoms. The summed E-state index contributed by atoms with van der Waals surface area (Å²) in [6.45, 7) is 1.78. The van der Waals surface area contributed by atoms with Gasteiger partial charge < -0.3 is 5.73 Å². The van der Waals surface area contributed by atoms with E-state index in [1.54, 1.807) is 13.0 Å². The molecule has 24 heavy (non-hydrogen) atoms. The van der Waals surface area contributed by atoms with Gasteiger partial charge in [0.25, 0.3) is 11.6 Å². The van der Waals surface area contributed by atoms with Gasteiger partial charge in [0.2, 0.25) is 0 Å². The van der Waals surface area contributed by atoms with Gasteiger partial charge in [0, 0.05) is 17.0 Å². The molecule has 0 aliphatic heterocycles. The van der Waals surface area contributed by atoms with Crippen molar-refractivity contribution in [2.24, 2.45) is 5.73 Å². The number of nitrogens with one attached hydrogen (secondary N) is 1. The molecule has 0 bridgehead atoms. The number of nitro groups is 1. The van der Waals surface area contributed by atoms with Crippen molar-refractivity contribution >= 4 is 40.5 Å². The molecule has 1 atom stereocenters. The largest absolute Gasteiger partial charge is 0.327 e. The summed E-state index contributed by atoms with van der Waals surface area (Å²) in [4.78, 5) is 28.4. The molecule has 3 rings (SSSR count). The van der Waals surface area contributed by atoms with E-state index in [9.17, 15) is 14.9 Å². The molecule has 0 saturated heterocycles. The van der Waals surface area contributed by atoms with Gasteiger partial charge in [0.1, 0.15) is 5.56 Å². The van der Waals surface area contributed by atoms with E-state index < -0.39 is 10.8 Å². The second kappa shape index (κ2) is 7.25. The molecule has 9 heteroatoms. The van der Waals surface area contributed by atoms with Crippen LogP contribution in [0.25, 0.3) is 0 Å². The summed E-state index contributed by atoms with van der Waals surface area (Å²) in [6.07, 6.45) is 2.44. The Morgan fingerprint density at radius 1 is 1.50 bits per heavy atom. The van der Waals surface area contributed by atoms with Gasteiger partial charge in [-0.15, -0.1) is 23.7 Å². The van der Waals surface area contributed by atoms with E-state index in [-0.39, 0.29) is 29.7 Å². The molecule has 1 aliphatic rings. The number of amides is 1. The fourth-order valence-electron chi connectivity index (χ4n) is 2.61. The van der Waals surface area contributed by atoms with E-state index in [1.165, 1.54) is 23.5 Å². The summed E-state index contributed by atoms with van der Waals surface area (Å²) in [5, 5.41) is 14.2. The van der Waals surface area contributed by atoms with Crippen LogP contribution in [0.4, 0.5) is 10.8 Å². The van der Waals surface area contributed by atoms with Gasteiger partial charge >= 0.3 is 0 Å². The zero-order chi connectivity index (χ0) is 16.6. The Morgan fingerprint density at radius 3 is 2.96 bits per heavy atom. The van der Waals surface area contributed by atoms with Crippen LogP contribution in [0.3, 0.4) is 0 Å². The molecule has 0 saturated carbocycles. The van der Waals surface area contributed by atoms with Crippen LogP contribution in [-0.2, 0) is 12.8 Å². The van der Waals surface area contributed by atoms with Crippen molar-refractivity contribution in [3.05, 3.63) is 50.0 Å². The lowest BCUT2D eigenvalue weighted by molar-refractivity contribution is -0.385. The first-order chi connectivity index (χ1) is 10.9. The molecule has 1 aromatic carbocycles. The zero-order valence-corrected chi connectivity index (χ0v) is 14.6. The van der Waals surface area contributed by atoms with Crippen molar-refractivity contribution in [3.63, 3.8) is 0 Å². The summed E-state index contributed by atoms with van der Waals surface area (Å²) >= 11 is 1.39. The number of hydrogen-bond donors (Lipinski definition) is 2. The van der Waals surface area contributed by atoms with Crippen LogP contribution in [0.1, 0.15) is 32.9 Å². The van der Waals surface area contributed by atoms with Gasteiger partial charge in [0.05, 0.1) is 10.6 Å². The first kappa shape index (κ1) is 18.3. The maximum absolute atomic E-state index is 12.4. The normalized spacial score (nSPS) is 16.0. The number of aryl methyl sites for hydroxylation is 2. The fourth-order valence-corrected chi connectivity index (χ4v) is 3.71. The van der Waals surface area contributed by atoms with Crippen molar-refractivity contribution < 1.29 is 9.72 Å². The Hall–Kier alpha value is -2.03. The second-order valence-corrected chi connectivity index (χ2v) is 6.71. The lowest BCUT2D eigenvalue weighted by Gasteiger charge is -2.15. The third-order valence-electron chi connectivity index (χ3n) is 3.79. The molecule has 7 nitrogen and oxygen atoms in total. The number of halogens is 1. The Labute approximate surface area is 148 Å². The van der Waals surface area contributed by atoms with Crippen molar-refractivity contribution in [2.45, 2.75) is 32.2 Å². The first-order valence-corrected chi connectivity index (χ1v) is 8.06. The smallest absolute Gasteiger partial charge is 0.282 e. The fraction of sp³-hybridized carbons (Fsp3) is 0.333. The highest BCUT2D eigenvalue weighted by Crippen LogP contribution is 2.30. The van der Waals surface area contributed by atoms with Crippen molar-refractivity contribution in [1.82, 2.24) is 4.98 Å². The van der Waals surface area contributed by atoms with E-state index in [0.29, 0.717) is 5.13 Å². The molecule has 0 fully saturated rings. The van der Waals surface area contributed by atoms with Gasteiger partial charge in [-0.05, 0) is 37.8 Å². The van der Waals surface area contributed by atoms with Crippen LogP contribution in [0.15, 0.2) is 18.2 Å². The number of nitrogens with two attached hydrogens (primary N) is 1. The maximum atomic E-state index is 12.4. The number of thiazole rings is 1. The molecule has 1 aromatic heterocycles. The molecule has 1 aliphatic carbocycles. The monoisotopic (exact) mass is 368 g/mol. The Morgan fingerprint density at radius 2 is 2.25 bits per heavy atom. The molecular weight excluding hydrogens is 352 g/mol. The summed E-state index contributed by atoms with van der Waals surface area (Å²) in [5.41, 5.74) is 7.51. The SMILES string of the molecule is Cc1ccc([N+](=O)[O-])c(C(=O)Nc2nc3c(s2)C[C@@H](N)CC3)c1.Cl. The number of nitrogens with zero attached hydrogens (tertiary/aromatic N) is 2. The van der Waals surface area contributed by atoms with Crippen LogP contribution in [0, 0.1) is 17.0 Å². The van der Waals surface area contributed by atoms with Gasteiger partial charge in [0.15, 0.2) is 5.13 Å². The number of benzene rings is 1. The number of nitro benzene ring substituents is 1. The number of fused-ring (bicyclic) bond motifs is 1. The Kier molecular flexibility index (Phi) is 5.53. The van der Waals surface area contributed by atoms with E-state index in [4.69, 9.17) is 5.73 Å². The first-order valence-electron chi connectivity index (χ1n) is 7.24. The second-order valence-electron chi connectivity index (χ2n) is 5.62. The number of carbonyl (C=O) groups excluding carboxylic acids is 1. The number of carbonyl (C=O) groups is 1. The van der Waals surface area contributed by atoms with Gasteiger partial charge in [-0.25, -0.2) is 4.98 Å². The van der Waals surface area contributed by atoms with Crippen LogP contribution in [0.5, 0.6) is 0 Å². The highest BCUT2D eigenvalue weighted by molar-refractivity contribution is 7.15. The number of rotatable bonds is 3. The van der Waals surface area contributed by atoms with E-state index in [0.717, 1.165) is 35.4 Å².